The van der Waals surface area contributed by atoms with Gasteiger partial charge in [0, 0.05) is 17.9 Å². The third kappa shape index (κ3) is 2.66. The Hall–Kier alpha value is -1.62. The first-order valence-corrected chi connectivity index (χ1v) is 5.04. The summed E-state index contributed by atoms with van der Waals surface area (Å²) in [5.74, 6) is -0.148. The SMILES string of the molecule is Cc1ccc(C(=O)C(C)CC#N)c(C)c1. The van der Waals surface area contributed by atoms with E-state index in [1.165, 1.54) is 0 Å². The second-order valence-electron chi connectivity index (χ2n) is 3.95. The van der Waals surface area contributed by atoms with Crippen LogP contribution in [0.25, 0.3) is 0 Å². The highest BCUT2D eigenvalue weighted by Gasteiger charge is 2.16. The van der Waals surface area contributed by atoms with E-state index >= 15 is 0 Å². The predicted octanol–water partition coefficient (Wildman–Crippen LogP) is 3.04. The van der Waals surface area contributed by atoms with Crippen LogP contribution in [0.15, 0.2) is 18.2 Å². The molecule has 0 amide bonds. The van der Waals surface area contributed by atoms with Crippen molar-refractivity contribution in [2.75, 3.05) is 0 Å². The Morgan fingerprint density at radius 3 is 2.67 bits per heavy atom. The van der Waals surface area contributed by atoms with Gasteiger partial charge in [-0.1, -0.05) is 30.7 Å². The Morgan fingerprint density at radius 2 is 2.13 bits per heavy atom. The average molecular weight is 201 g/mol. The number of rotatable bonds is 3. The first kappa shape index (κ1) is 11.5. The van der Waals surface area contributed by atoms with Crippen molar-refractivity contribution in [3.8, 4) is 6.07 Å². The molecular formula is C13H15NO. The molecule has 2 nitrogen and oxygen atoms in total. The molecule has 0 spiro atoms. The van der Waals surface area contributed by atoms with E-state index in [9.17, 15) is 4.79 Å². The van der Waals surface area contributed by atoms with Crippen LogP contribution in [-0.2, 0) is 0 Å². The van der Waals surface area contributed by atoms with Crippen molar-refractivity contribution < 1.29 is 4.79 Å². The third-order valence-corrected chi connectivity index (χ3v) is 2.49. The smallest absolute Gasteiger partial charge is 0.166 e. The summed E-state index contributed by atoms with van der Waals surface area (Å²) in [5, 5.41) is 8.54. The Morgan fingerprint density at radius 1 is 1.47 bits per heavy atom. The first-order valence-electron chi connectivity index (χ1n) is 5.04. The monoisotopic (exact) mass is 201 g/mol. The van der Waals surface area contributed by atoms with E-state index in [1.54, 1.807) is 6.92 Å². The maximum atomic E-state index is 11.9. The molecule has 1 atom stereocenters. The van der Waals surface area contributed by atoms with E-state index in [0.717, 1.165) is 16.7 Å². The third-order valence-electron chi connectivity index (χ3n) is 2.49. The lowest BCUT2D eigenvalue weighted by Gasteiger charge is -2.09. The molecule has 1 aromatic rings. The normalized spacial score (nSPS) is 11.9. The second kappa shape index (κ2) is 4.75. The van der Waals surface area contributed by atoms with Gasteiger partial charge in [0.2, 0.25) is 0 Å². The number of hydrogen-bond donors (Lipinski definition) is 0. The lowest BCUT2D eigenvalue weighted by Crippen LogP contribution is -2.12. The zero-order chi connectivity index (χ0) is 11.4. The molecule has 2 heteroatoms. The van der Waals surface area contributed by atoms with Crippen LogP contribution >= 0.6 is 0 Å². The topological polar surface area (TPSA) is 40.9 Å². The van der Waals surface area contributed by atoms with Gasteiger partial charge in [0.25, 0.3) is 0 Å². The summed E-state index contributed by atoms with van der Waals surface area (Å²) < 4.78 is 0. The van der Waals surface area contributed by atoms with Gasteiger partial charge in [0.05, 0.1) is 6.07 Å². The lowest BCUT2D eigenvalue weighted by molar-refractivity contribution is 0.0931. The lowest BCUT2D eigenvalue weighted by atomic mass is 9.93. The summed E-state index contributed by atoms with van der Waals surface area (Å²) in [6.45, 7) is 5.73. The molecule has 1 rings (SSSR count). The number of carbonyl (C=O) groups is 1. The quantitative estimate of drug-likeness (QED) is 0.705. The molecule has 0 saturated carbocycles. The standard InChI is InChI=1S/C13H15NO/c1-9-4-5-12(11(3)8-9)13(15)10(2)6-7-14/h4-5,8,10H,6H2,1-3H3. The Kier molecular flexibility index (Phi) is 3.62. The Balaban J connectivity index is 2.97. The number of nitrogens with zero attached hydrogens (tertiary/aromatic N) is 1. The summed E-state index contributed by atoms with van der Waals surface area (Å²) in [6.07, 6.45) is 0.284. The summed E-state index contributed by atoms with van der Waals surface area (Å²) >= 11 is 0. The molecule has 1 unspecified atom stereocenters. The highest BCUT2D eigenvalue weighted by Crippen LogP contribution is 2.16. The van der Waals surface area contributed by atoms with Crippen LogP contribution in [0.4, 0.5) is 0 Å². The number of ketones is 1. The summed E-state index contributed by atoms with van der Waals surface area (Å²) in [5.41, 5.74) is 2.88. The number of benzene rings is 1. The van der Waals surface area contributed by atoms with Crippen LogP contribution in [0.5, 0.6) is 0 Å². The van der Waals surface area contributed by atoms with Gasteiger partial charge in [-0.3, -0.25) is 4.79 Å². The van der Waals surface area contributed by atoms with E-state index < -0.39 is 0 Å². The minimum atomic E-state index is -0.212. The molecule has 0 aliphatic heterocycles. The fourth-order valence-electron chi connectivity index (χ4n) is 1.59. The fourth-order valence-corrected chi connectivity index (χ4v) is 1.59. The molecule has 0 saturated heterocycles. The van der Waals surface area contributed by atoms with Crippen molar-refractivity contribution in [1.82, 2.24) is 0 Å². The molecule has 0 aliphatic rings. The fraction of sp³-hybridized carbons (Fsp3) is 0.385. The number of hydrogen-bond acceptors (Lipinski definition) is 2. The highest BCUT2D eigenvalue weighted by molar-refractivity contribution is 5.99. The molecule has 0 radical (unpaired) electrons. The molecule has 78 valence electrons. The van der Waals surface area contributed by atoms with Crippen LogP contribution < -0.4 is 0 Å². The van der Waals surface area contributed by atoms with Gasteiger partial charge in [-0.2, -0.15) is 5.26 Å². The van der Waals surface area contributed by atoms with Gasteiger partial charge in [0.1, 0.15) is 0 Å². The molecule has 0 bridgehead atoms. The summed E-state index contributed by atoms with van der Waals surface area (Å²) in [6, 6.07) is 7.80. The van der Waals surface area contributed by atoms with E-state index in [1.807, 2.05) is 38.1 Å². The zero-order valence-corrected chi connectivity index (χ0v) is 9.37. The zero-order valence-electron chi connectivity index (χ0n) is 9.37. The summed E-state index contributed by atoms with van der Waals surface area (Å²) in [4.78, 5) is 11.9. The molecule has 0 aliphatic carbocycles. The maximum absolute atomic E-state index is 11.9. The van der Waals surface area contributed by atoms with E-state index in [4.69, 9.17) is 5.26 Å². The van der Waals surface area contributed by atoms with Gasteiger partial charge in [0.15, 0.2) is 5.78 Å². The number of Topliss-reactive ketones (excluding diaryl/α,β-unsaturated/α-hetero) is 1. The van der Waals surface area contributed by atoms with Gasteiger partial charge in [-0.25, -0.2) is 0 Å². The predicted molar refractivity (Wildman–Crippen MR) is 59.6 cm³/mol. The molecule has 0 fully saturated rings. The van der Waals surface area contributed by atoms with E-state index in [-0.39, 0.29) is 18.1 Å². The molecule has 0 aromatic heterocycles. The molecular weight excluding hydrogens is 186 g/mol. The van der Waals surface area contributed by atoms with Crippen LogP contribution in [-0.4, -0.2) is 5.78 Å². The molecule has 0 heterocycles. The maximum Gasteiger partial charge on any atom is 0.166 e. The van der Waals surface area contributed by atoms with Crippen molar-refractivity contribution in [2.24, 2.45) is 5.92 Å². The van der Waals surface area contributed by atoms with Gasteiger partial charge in [-0.15, -0.1) is 0 Å². The van der Waals surface area contributed by atoms with E-state index in [0.29, 0.717) is 0 Å². The van der Waals surface area contributed by atoms with Crippen LogP contribution in [0, 0.1) is 31.1 Å². The minimum absolute atomic E-state index is 0.0639. The molecule has 15 heavy (non-hydrogen) atoms. The van der Waals surface area contributed by atoms with Crippen molar-refractivity contribution in [3.63, 3.8) is 0 Å². The van der Waals surface area contributed by atoms with Crippen molar-refractivity contribution in [2.45, 2.75) is 27.2 Å². The average Bonchev–Trinajstić information content (AvgIpc) is 2.17. The first-order chi connectivity index (χ1) is 7.06. The van der Waals surface area contributed by atoms with Crippen LogP contribution in [0.2, 0.25) is 0 Å². The molecule has 1 aromatic carbocycles. The van der Waals surface area contributed by atoms with Gasteiger partial charge in [-0.05, 0) is 19.4 Å². The van der Waals surface area contributed by atoms with Gasteiger partial charge >= 0.3 is 0 Å². The van der Waals surface area contributed by atoms with Crippen LogP contribution in [0.3, 0.4) is 0 Å². The highest BCUT2D eigenvalue weighted by atomic mass is 16.1. The molecule has 0 N–H and O–H groups in total. The van der Waals surface area contributed by atoms with Crippen molar-refractivity contribution in [1.29, 1.82) is 5.26 Å². The number of carbonyl (C=O) groups excluding carboxylic acids is 1. The summed E-state index contributed by atoms with van der Waals surface area (Å²) in [7, 11) is 0. The van der Waals surface area contributed by atoms with Crippen LogP contribution in [0.1, 0.15) is 34.8 Å². The number of aryl methyl sites for hydroxylation is 2. The number of nitriles is 1. The largest absolute Gasteiger partial charge is 0.294 e. The van der Waals surface area contributed by atoms with Gasteiger partial charge < -0.3 is 0 Å². The van der Waals surface area contributed by atoms with Crippen molar-refractivity contribution >= 4 is 5.78 Å². The van der Waals surface area contributed by atoms with Crippen molar-refractivity contribution in [3.05, 3.63) is 34.9 Å². The Bertz CT molecular complexity index is 415. The van der Waals surface area contributed by atoms with E-state index in [2.05, 4.69) is 0 Å². The second-order valence-corrected chi connectivity index (χ2v) is 3.95. The minimum Gasteiger partial charge on any atom is -0.294 e. The Labute approximate surface area is 90.5 Å².